The molecule has 0 unspecified atom stereocenters. The van der Waals surface area contributed by atoms with Gasteiger partial charge < -0.3 is 5.11 Å². The van der Waals surface area contributed by atoms with E-state index in [9.17, 15) is 9.90 Å². The maximum Gasteiger partial charge on any atom is 0.193 e. The van der Waals surface area contributed by atoms with Crippen molar-refractivity contribution in [3.05, 3.63) is 101 Å². The van der Waals surface area contributed by atoms with Crippen molar-refractivity contribution in [2.45, 2.75) is 0 Å². The standard InChI is InChI=1S/C21H15ClO2/c22-18-10-6-15(7-11-18)14-20(16-4-2-1-3-5-16)21(24)17-8-12-19(23)13-9-17/h1-14,23H/b20-14+. The van der Waals surface area contributed by atoms with Crippen LogP contribution in [0.2, 0.25) is 5.02 Å². The predicted molar refractivity (Wildman–Crippen MR) is 98.2 cm³/mol. The fraction of sp³-hybridized carbons (Fsp3) is 0. The highest BCUT2D eigenvalue weighted by atomic mass is 35.5. The first-order valence-corrected chi connectivity index (χ1v) is 7.88. The second kappa shape index (κ2) is 7.16. The number of carbonyl (C=O) groups is 1. The molecule has 2 nitrogen and oxygen atoms in total. The lowest BCUT2D eigenvalue weighted by Crippen LogP contribution is -2.02. The number of carbonyl (C=O) groups excluding carboxylic acids is 1. The summed E-state index contributed by atoms with van der Waals surface area (Å²) >= 11 is 5.93. The Morgan fingerprint density at radius 2 is 1.42 bits per heavy atom. The summed E-state index contributed by atoms with van der Waals surface area (Å²) < 4.78 is 0. The smallest absolute Gasteiger partial charge is 0.193 e. The van der Waals surface area contributed by atoms with Gasteiger partial charge in [0.15, 0.2) is 5.78 Å². The van der Waals surface area contributed by atoms with Gasteiger partial charge in [-0.25, -0.2) is 0 Å². The largest absolute Gasteiger partial charge is 0.508 e. The van der Waals surface area contributed by atoms with E-state index >= 15 is 0 Å². The highest BCUT2D eigenvalue weighted by Crippen LogP contribution is 2.24. The van der Waals surface area contributed by atoms with Crippen molar-refractivity contribution in [3.8, 4) is 5.75 Å². The van der Waals surface area contributed by atoms with Gasteiger partial charge in [0, 0.05) is 16.2 Å². The van der Waals surface area contributed by atoms with Gasteiger partial charge >= 0.3 is 0 Å². The van der Waals surface area contributed by atoms with Crippen LogP contribution in [0, 0.1) is 0 Å². The molecule has 0 atom stereocenters. The molecule has 24 heavy (non-hydrogen) atoms. The molecule has 3 aromatic carbocycles. The van der Waals surface area contributed by atoms with Crippen LogP contribution in [0.4, 0.5) is 0 Å². The molecule has 118 valence electrons. The topological polar surface area (TPSA) is 37.3 Å². The van der Waals surface area contributed by atoms with Crippen LogP contribution in [0.1, 0.15) is 21.5 Å². The molecule has 3 heteroatoms. The highest BCUT2D eigenvalue weighted by molar-refractivity contribution is 6.32. The number of aromatic hydroxyl groups is 1. The Bertz CT molecular complexity index is 864. The monoisotopic (exact) mass is 334 g/mol. The van der Waals surface area contributed by atoms with Crippen molar-refractivity contribution in [1.29, 1.82) is 0 Å². The van der Waals surface area contributed by atoms with E-state index in [2.05, 4.69) is 0 Å². The van der Waals surface area contributed by atoms with E-state index in [4.69, 9.17) is 11.6 Å². The highest BCUT2D eigenvalue weighted by Gasteiger charge is 2.14. The summed E-state index contributed by atoms with van der Waals surface area (Å²) in [4.78, 5) is 13.0. The molecule has 3 rings (SSSR count). The van der Waals surface area contributed by atoms with Crippen molar-refractivity contribution in [2.24, 2.45) is 0 Å². The van der Waals surface area contributed by atoms with E-state index in [1.54, 1.807) is 24.3 Å². The minimum atomic E-state index is -0.101. The number of phenolic OH excluding ortho intramolecular Hbond substituents is 1. The van der Waals surface area contributed by atoms with Gasteiger partial charge in [-0.05, 0) is 53.6 Å². The van der Waals surface area contributed by atoms with Gasteiger partial charge in [-0.1, -0.05) is 54.1 Å². The van der Waals surface area contributed by atoms with E-state index in [1.807, 2.05) is 48.5 Å². The van der Waals surface area contributed by atoms with Gasteiger partial charge in [0.05, 0.1) is 0 Å². The Labute approximate surface area is 145 Å². The number of halogens is 1. The number of hydrogen-bond donors (Lipinski definition) is 1. The number of rotatable bonds is 4. The molecule has 0 amide bonds. The lowest BCUT2D eigenvalue weighted by Gasteiger charge is -2.08. The fourth-order valence-corrected chi connectivity index (χ4v) is 2.52. The Balaban J connectivity index is 2.06. The normalized spacial score (nSPS) is 11.3. The molecule has 3 aromatic rings. The Hall–Kier alpha value is -2.84. The first-order chi connectivity index (χ1) is 11.6. The van der Waals surface area contributed by atoms with E-state index < -0.39 is 0 Å². The van der Waals surface area contributed by atoms with Crippen LogP contribution in [0.3, 0.4) is 0 Å². The third kappa shape index (κ3) is 3.73. The molecular weight excluding hydrogens is 320 g/mol. The number of ketones is 1. The number of phenols is 1. The average molecular weight is 335 g/mol. The lowest BCUT2D eigenvalue weighted by molar-refractivity contribution is 0.105. The van der Waals surface area contributed by atoms with Crippen LogP contribution >= 0.6 is 11.6 Å². The molecule has 1 N–H and O–H groups in total. The molecule has 0 aromatic heterocycles. The van der Waals surface area contributed by atoms with Crippen molar-refractivity contribution in [2.75, 3.05) is 0 Å². The summed E-state index contributed by atoms with van der Waals surface area (Å²) in [5.74, 6) is 0.0330. The summed E-state index contributed by atoms with van der Waals surface area (Å²) in [6.07, 6.45) is 1.85. The third-order valence-electron chi connectivity index (χ3n) is 3.64. The molecule has 0 spiro atoms. The van der Waals surface area contributed by atoms with Gasteiger partial charge in [0.2, 0.25) is 0 Å². The van der Waals surface area contributed by atoms with Crippen molar-refractivity contribution in [1.82, 2.24) is 0 Å². The summed E-state index contributed by atoms with van der Waals surface area (Å²) in [5.41, 5.74) is 2.84. The zero-order valence-electron chi connectivity index (χ0n) is 12.8. The molecule has 0 saturated carbocycles. The third-order valence-corrected chi connectivity index (χ3v) is 3.89. The maximum atomic E-state index is 13.0. The van der Waals surface area contributed by atoms with Gasteiger partial charge in [-0.2, -0.15) is 0 Å². The van der Waals surface area contributed by atoms with Gasteiger partial charge in [-0.15, -0.1) is 0 Å². The quantitative estimate of drug-likeness (QED) is 0.390. The summed E-state index contributed by atoms with van der Waals surface area (Å²) in [6, 6.07) is 23.1. The zero-order chi connectivity index (χ0) is 16.9. The van der Waals surface area contributed by atoms with Gasteiger partial charge in [0.1, 0.15) is 5.75 Å². The first-order valence-electron chi connectivity index (χ1n) is 7.50. The van der Waals surface area contributed by atoms with Crippen LogP contribution in [0.5, 0.6) is 5.75 Å². The summed E-state index contributed by atoms with van der Waals surface area (Å²) in [7, 11) is 0. The molecule has 0 bridgehead atoms. The second-order valence-electron chi connectivity index (χ2n) is 5.35. The Kier molecular flexibility index (Phi) is 4.78. The molecule has 0 aliphatic heterocycles. The van der Waals surface area contributed by atoms with E-state index in [-0.39, 0.29) is 11.5 Å². The molecule has 0 heterocycles. The van der Waals surface area contributed by atoms with E-state index in [0.29, 0.717) is 16.2 Å². The molecule has 0 saturated heterocycles. The van der Waals surface area contributed by atoms with Gasteiger partial charge in [-0.3, -0.25) is 4.79 Å². The Morgan fingerprint density at radius 1 is 0.792 bits per heavy atom. The second-order valence-corrected chi connectivity index (χ2v) is 5.79. The SMILES string of the molecule is O=C(/C(=C/c1ccc(Cl)cc1)c1ccccc1)c1ccc(O)cc1. The molecule has 0 aliphatic rings. The predicted octanol–water partition coefficient (Wildman–Crippen LogP) is 5.47. The summed E-state index contributed by atoms with van der Waals surface area (Å²) in [5, 5.41) is 10.1. The van der Waals surface area contributed by atoms with Crippen LogP contribution in [-0.4, -0.2) is 10.9 Å². The fourth-order valence-electron chi connectivity index (χ4n) is 2.39. The van der Waals surface area contributed by atoms with Gasteiger partial charge in [0.25, 0.3) is 0 Å². The van der Waals surface area contributed by atoms with Crippen LogP contribution in [0.15, 0.2) is 78.9 Å². The number of benzene rings is 3. The van der Waals surface area contributed by atoms with Crippen LogP contribution in [0.25, 0.3) is 11.6 Å². The maximum absolute atomic E-state index is 13.0. The molecule has 0 radical (unpaired) electrons. The Morgan fingerprint density at radius 3 is 2.04 bits per heavy atom. The minimum Gasteiger partial charge on any atom is -0.508 e. The zero-order valence-corrected chi connectivity index (χ0v) is 13.6. The lowest BCUT2D eigenvalue weighted by atomic mass is 9.95. The summed E-state index contributed by atoms with van der Waals surface area (Å²) in [6.45, 7) is 0. The van der Waals surface area contributed by atoms with Crippen molar-refractivity contribution >= 4 is 29.0 Å². The molecule has 0 fully saturated rings. The molecular formula is C21H15ClO2. The number of Topliss-reactive ketones (excluding diaryl/α,β-unsaturated/α-hetero) is 1. The van der Waals surface area contributed by atoms with Crippen LogP contribution in [-0.2, 0) is 0 Å². The van der Waals surface area contributed by atoms with Crippen molar-refractivity contribution in [3.63, 3.8) is 0 Å². The first kappa shape index (κ1) is 16.0. The minimum absolute atomic E-state index is 0.101. The van der Waals surface area contributed by atoms with Crippen molar-refractivity contribution < 1.29 is 9.90 Å². The average Bonchev–Trinajstić information content (AvgIpc) is 2.62. The van der Waals surface area contributed by atoms with E-state index in [0.717, 1.165) is 11.1 Å². The van der Waals surface area contributed by atoms with E-state index in [1.165, 1.54) is 12.1 Å². The number of hydrogen-bond acceptors (Lipinski definition) is 2. The van der Waals surface area contributed by atoms with Crippen LogP contribution < -0.4 is 0 Å². The number of allylic oxidation sites excluding steroid dienone is 1. The molecule has 0 aliphatic carbocycles.